The lowest BCUT2D eigenvalue weighted by molar-refractivity contribution is -0.384. The molecule has 4 aromatic rings. The molecule has 1 N–H and O–H groups in total. The van der Waals surface area contributed by atoms with Gasteiger partial charge in [0.05, 0.1) is 22.9 Å². The van der Waals surface area contributed by atoms with Gasteiger partial charge in [-0.2, -0.15) is 0 Å². The smallest absolute Gasteiger partial charge is 0.299 e. The second-order valence-electron chi connectivity index (χ2n) is 6.72. The maximum Gasteiger partial charge on any atom is 0.299 e. The van der Waals surface area contributed by atoms with Crippen LogP contribution in [-0.2, 0) is 0 Å². The lowest BCUT2D eigenvalue weighted by Gasteiger charge is -2.04. The van der Waals surface area contributed by atoms with Crippen molar-refractivity contribution in [2.45, 2.75) is 6.92 Å². The third kappa shape index (κ3) is 4.17. The molecule has 0 radical (unpaired) electrons. The van der Waals surface area contributed by atoms with Gasteiger partial charge >= 0.3 is 0 Å². The number of aromatic nitrogens is 2. The fourth-order valence-electron chi connectivity index (χ4n) is 3.15. The Labute approximate surface area is 182 Å². The van der Waals surface area contributed by atoms with E-state index in [2.05, 4.69) is 15.3 Å². The van der Waals surface area contributed by atoms with E-state index in [1.165, 1.54) is 16.8 Å². The molecule has 0 bridgehead atoms. The van der Waals surface area contributed by atoms with Gasteiger partial charge in [-0.25, -0.2) is 4.68 Å². The van der Waals surface area contributed by atoms with Crippen LogP contribution < -0.4 is 10.3 Å². The Kier molecular flexibility index (Phi) is 5.89. The number of hydrogen-bond acceptors (Lipinski definition) is 6. The minimum absolute atomic E-state index is 0.0487. The van der Waals surface area contributed by atoms with Gasteiger partial charge in [-0.05, 0) is 43.3 Å². The quantitative estimate of drug-likeness (QED) is 0.235. The summed E-state index contributed by atoms with van der Waals surface area (Å²) < 4.78 is 6.93. The number of ether oxygens (including phenoxy) is 1. The Morgan fingerprint density at radius 2 is 1.66 bits per heavy atom. The maximum absolute atomic E-state index is 13.2. The second kappa shape index (κ2) is 9.09. The third-order valence-electron chi connectivity index (χ3n) is 4.67. The van der Waals surface area contributed by atoms with Gasteiger partial charge in [-0.15, -0.1) is 10.2 Å². The van der Waals surface area contributed by atoms with Gasteiger partial charge in [0.2, 0.25) is 0 Å². The summed E-state index contributed by atoms with van der Waals surface area (Å²) >= 11 is 0. The van der Waals surface area contributed by atoms with Crippen LogP contribution in [0.4, 0.5) is 17.1 Å². The molecular formula is C23H19N5O4. The van der Waals surface area contributed by atoms with Crippen LogP contribution in [0.3, 0.4) is 0 Å². The average Bonchev–Trinajstić information content (AvgIpc) is 3.15. The van der Waals surface area contributed by atoms with Gasteiger partial charge in [0.1, 0.15) is 11.4 Å². The Morgan fingerprint density at radius 1 is 0.969 bits per heavy atom. The number of rotatable bonds is 7. The zero-order valence-electron chi connectivity index (χ0n) is 17.1. The molecule has 9 heteroatoms. The van der Waals surface area contributed by atoms with Gasteiger partial charge in [0.15, 0.2) is 5.69 Å². The SMILES string of the molecule is CCOc1ccccc1N=Nc1c(-c2ccc([N+](=O)[O-])cc2)[nH]n(-c2ccccc2)c1=O. The predicted molar refractivity (Wildman–Crippen MR) is 120 cm³/mol. The highest BCUT2D eigenvalue weighted by atomic mass is 16.6. The molecule has 0 aliphatic carbocycles. The first-order chi connectivity index (χ1) is 15.6. The number of nitrogens with zero attached hydrogens (tertiary/aromatic N) is 4. The Hall–Kier alpha value is -4.53. The summed E-state index contributed by atoms with van der Waals surface area (Å²) in [6.07, 6.45) is 0. The molecule has 0 amide bonds. The fraction of sp³-hybridized carbons (Fsp3) is 0.0870. The van der Waals surface area contributed by atoms with Gasteiger partial charge in [-0.3, -0.25) is 20.0 Å². The number of para-hydroxylation sites is 2. The van der Waals surface area contributed by atoms with Crippen molar-refractivity contribution in [1.82, 2.24) is 9.78 Å². The summed E-state index contributed by atoms with van der Waals surface area (Å²) in [5, 5.41) is 22.6. The van der Waals surface area contributed by atoms with Crippen LogP contribution in [0, 0.1) is 10.1 Å². The summed E-state index contributed by atoms with van der Waals surface area (Å²) in [5.41, 5.74) is 1.69. The van der Waals surface area contributed by atoms with Crippen LogP contribution in [0.15, 0.2) is 93.9 Å². The van der Waals surface area contributed by atoms with Crippen molar-refractivity contribution in [3.63, 3.8) is 0 Å². The van der Waals surface area contributed by atoms with E-state index in [-0.39, 0.29) is 11.4 Å². The number of nitro benzene ring substituents is 1. The predicted octanol–water partition coefficient (Wildman–Crippen LogP) is 5.55. The molecule has 1 aromatic heterocycles. The monoisotopic (exact) mass is 429 g/mol. The lowest BCUT2D eigenvalue weighted by atomic mass is 10.1. The second-order valence-corrected chi connectivity index (χ2v) is 6.72. The number of benzene rings is 3. The molecule has 0 saturated carbocycles. The number of nitro groups is 1. The zero-order valence-corrected chi connectivity index (χ0v) is 17.1. The van der Waals surface area contributed by atoms with E-state index < -0.39 is 10.5 Å². The Bertz CT molecular complexity index is 1320. The van der Waals surface area contributed by atoms with Crippen LogP contribution >= 0.6 is 0 Å². The molecule has 3 aromatic carbocycles. The maximum atomic E-state index is 13.2. The third-order valence-corrected chi connectivity index (χ3v) is 4.67. The summed E-state index contributed by atoms with van der Waals surface area (Å²) in [5.74, 6) is 0.551. The van der Waals surface area contributed by atoms with Crippen molar-refractivity contribution < 1.29 is 9.66 Å². The zero-order chi connectivity index (χ0) is 22.5. The van der Waals surface area contributed by atoms with Gasteiger partial charge < -0.3 is 4.74 Å². The van der Waals surface area contributed by atoms with E-state index in [9.17, 15) is 14.9 Å². The number of non-ortho nitro benzene ring substituents is 1. The van der Waals surface area contributed by atoms with Crippen molar-refractivity contribution in [2.24, 2.45) is 10.2 Å². The first-order valence-electron chi connectivity index (χ1n) is 9.87. The Balaban J connectivity index is 1.84. The van der Waals surface area contributed by atoms with Crippen LogP contribution in [0.2, 0.25) is 0 Å². The standard InChI is InChI=1S/C23H19N5O4/c1-2-32-20-11-7-6-10-19(20)24-25-22-21(16-12-14-18(15-13-16)28(30)31)26-27(23(22)29)17-8-4-3-5-9-17/h3-15,26H,2H2,1H3. The minimum atomic E-state index is -0.479. The molecule has 0 aliphatic heterocycles. The van der Waals surface area contributed by atoms with Crippen LogP contribution in [0.5, 0.6) is 5.75 Å². The minimum Gasteiger partial charge on any atom is -0.492 e. The molecule has 0 saturated heterocycles. The Morgan fingerprint density at radius 3 is 2.34 bits per heavy atom. The number of nitrogens with one attached hydrogen (secondary N) is 1. The van der Waals surface area contributed by atoms with Crippen LogP contribution in [-0.4, -0.2) is 21.3 Å². The molecule has 0 atom stereocenters. The average molecular weight is 429 g/mol. The van der Waals surface area contributed by atoms with Crippen molar-refractivity contribution in [3.8, 4) is 22.7 Å². The number of azo groups is 1. The topological polar surface area (TPSA) is 115 Å². The summed E-state index contributed by atoms with van der Waals surface area (Å²) in [6.45, 7) is 2.33. The summed E-state index contributed by atoms with van der Waals surface area (Å²) in [4.78, 5) is 23.7. The van der Waals surface area contributed by atoms with E-state index in [1.54, 1.807) is 42.5 Å². The lowest BCUT2D eigenvalue weighted by Crippen LogP contribution is -2.13. The number of hydrogen-bond donors (Lipinski definition) is 1. The highest BCUT2D eigenvalue weighted by Crippen LogP contribution is 2.32. The van der Waals surface area contributed by atoms with Crippen LogP contribution in [0.25, 0.3) is 16.9 Å². The number of H-pyrrole nitrogens is 1. The van der Waals surface area contributed by atoms with Crippen LogP contribution in [0.1, 0.15) is 6.92 Å². The highest BCUT2D eigenvalue weighted by Gasteiger charge is 2.18. The highest BCUT2D eigenvalue weighted by molar-refractivity contribution is 5.72. The van der Waals surface area contributed by atoms with E-state index in [0.29, 0.717) is 35.0 Å². The van der Waals surface area contributed by atoms with Crippen molar-refractivity contribution >= 4 is 17.1 Å². The molecule has 160 valence electrons. The van der Waals surface area contributed by atoms with Gasteiger partial charge in [0, 0.05) is 17.7 Å². The molecule has 1 heterocycles. The molecule has 0 spiro atoms. The molecule has 4 rings (SSSR count). The van der Waals surface area contributed by atoms with Crippen molar-refractivity contribution in [2.75, 3.05) is 6.61 Å². The first kappa shape index (κ1) is 20.7. The van der Waals surface area contributed by atoms with Gasteiger partial charge in [-0.1, -0.05) is 30.3 Å². The van der Waals surface area contributed by atoms with Crippen molar-refractivity contribution in [1.29, 1.82) is 0 Å². The summed E-state index contributed by atoms with van der Waals surface area (Å²) in [7, 11) is 0. The summed E-state index contributed by atoms with van der Waals surface area (Å²) in [6, 6.07) is 22.0. The largest absolute Gasteiger partial charge is 0.492 e. The van der Waals surface area contributed by atoms with Crippen molar-refractivity contribution in [3.05, 3.63) is 99.3 Å². The first-order valence-corrected chi connectivity index (χ1v) is 9.87. The molecule has 9 nitrogen and oxygen atoms in total. The van der Waals surface area contributed by atoms with Gasteiger partial charge in [0.25, 0.3) is 11.2 Å². The van der Waals surface area contributed by atoms with E-state index in [0.717, 1.165) is 0 Å². The molecule has 0 fully saturated rings. The normalized spacial score (nSPS) is 11.0. The molecule has 32 heavy (non-hydrogen) atoms. The fourth-order valence-corrected chi connectivity index (χ4v) is 3.15. The molecule has 0 unspecified atom stereocenters. The van der Waals surface area contributed by atoms with E-state index >= 15 is 0 Å². The van der Waals surface area contributed by atoms with E-state index in [4.69, 9.17) is 4.74 Å². The van der Waals surface area contributed by atoms with E-state index in [1.807, 2.05) is 31.2 Å². The molecular weight excluding hydrogens is 410 g/mol. The number of aromatic amines is 1. The molecule has 0 aliphatic rings.